The van der Waals surface area contributed by atoms with Crippen molar-refractivity contribution in [2.75, 3.05) is 0 Å². The first-order chi connectivity index (χ1) is 36.9. The minimum atomic E-state index is -3.38. The maximum absolute atomic E-state index is 12.5. The molecule has 0 aliphatic heterocycles. The summed E-state index contributed by atoms with van der Waals surface area (Å²) in [6.07, 6.45) is 1.68. The van der Waals surface area contributed by atoms with Gasteiger partial charge in [-0.3, -0.25) is 9.55 Å². The summed E-state index contributed by atoms with van der Waals surface area (Å²) in [5.41, 5.74) is 12.2. The molecule has 0 amide bonds. The smallest absolute Gasteiger partial charge is 0.149 e. The van der Waals surface area contributed by atoms with Crippen LogP contribution in [0, 0.1) is 0 Å². The lowest BCUT2D eigenvalue weighted by atomic mass is 9.84. The number of aromatic nitrogens is 3. The molecule has 7 aromatic carbocycles. The van der Waals surface area contributed by atoms with Gasteiger partial charge in [0.25, 0.3) is 0 Å². The van der Waals surface area contributed by atoms with E-state index in [1.807, 2.05) is 24.3 Å². The van der Waals surface area contributed by atoms with Crippen LogP contribution in [-0.4, -0.2) is 19.6 Å². The Kier molecular flexibility index (Phi) is 9.92. The number of phenols is 1. The summed E-state index contributed by atoms with van der Waals surface area (Å²) < 4.78 is 76.5. The number of phenolic OH excluding ortho intramolecular Hbond substituents is 1. The molecule has 0 unspecified atom stereocenters. The maximum Gasteiger partial charge on any atom is 0.149 e. The van der Waals surface area contributed by atoms with Gasteiger partial charge in [-0.05, 0) is 138 Å². The monoisotopic (exact) mass is 929 g/mol. The van der Waals surface area contributed by atoms with Crippen LogP contribution in [0.25, 0.3) is 83.9 Å². The average molecular weight is 929 g/mol. The van der Waals surface area contributed by atoms with Crippen molar-refractivity contribution in [2.24, 2.45) is 0 Å². The van der Waals surface area contributed by atoms with E-state index >= 15 is 0 Å². The van der Waals surface area contributed by atoms with Crippen LogP contribution < -0.4 is 0 Å². The molecule has 0 aliphatic rings. The Balaban J connectivity index is 1.29. The number of fused-ring (bicyclic) bond motifs is 1. The number of aromatic hydroxyl groups is 1. The minimum Gasteiger partial charge on any atom is -0.507 e. The molecule has 9 aromatic rings. The van der Waals surface area contributed by atoms with E-state index in [-0.39, 0.29) is 34.0 Å². The van der Waals surface area contributed by atoms with Crippen LogP contribution in [0.5, 0.6) is 5.75 Å². The number of imidazole rings is 1. The fraction of sp³-hybridized carbons (Fsp3) is 0.273. The van der Waals surface area contributed by atoms with Crippen LogP contribution in [0.4, 0.5) is 0 Å². The number of rotatable bonds is 9. The lowest BCUT2D eigenvalue weighted by Crippen LogP contribution is -2.13. The highest BCUT2D eigenvalue weighted by atomic mass is 16.3. The van der Waals surface area contributed by atoms with Gasteiger partial charge in [-0.1, -0.05) is 199 Å². The zero-order chi connectivity index (χ0) is 57.4. The van der Waals surface area contributed by atoms with Crippen molar-refractivity contribution in [1.82, 2.24) is 14.5 Å². The van der Waals surface area contributed by atoms with E-state index < -0.39 is 26.0 Å². The molecular weight excluding hydrogens is 851 g/mol. The predicted molar refractivity (Wildman–Crippen MR) is 297 cm³/mol. The number of pyridine rings is 1. The Bertz CT molecular complexity index is 3670. The largest absolute Gasteiger partial charge is 0.507 e. The van der Waals surface area contributed by atoms with Crippen LogP contribution in [-0.2, 0) is 16.2 Å². The summed E-state index contributed by atoms with van der Waals surface area (Å²) in [4.78, 5) is 10.6. The lowest BCUT2D eigenvalue weighted by Gasteiger charge is -2.24. The van der Waals surface area contributed by atoms with Crippen LogP contribution >= 0.6 is 0 Å². The van der Waals surface area contributed by atoms with Crippen molar-refractivity contribution >= 4 is 11.0 Å². The zero-order valence-electron chi connectivity index (χ0n) is 51.0. The molecule has 0 atom stereocenters. The Hall–Kier alpha value is -7.04. The summed E-state index contributed by atoms with van der Waals surface area (Å²) >= 11 is 0. The first-order valence-corrected chi connectivity index (χ1v) is 24.3. The normalized spacial score (nSPS) is 14.8. The first-order valence-electron chi connectivity index (χ1n) is 28.8. The quantitative estimate of drug-likeness (QED) is 0.157. The fourth-order valence-corrected chi connectivity index (χ4v) is 9.37. The van der Waals surface area contributed by atoms with Crippen LogP contribution in [0.3, 0.4) is 0 Å². The summed E-state index contributed by atoms with van der Waals surface area (Å²) in [5, 5.41) is 12.5. The van der Waals surface area contributed by atoms with Gasteiger partial charge < -0.3 is 5.11 Å². The molecule has 0 fully saturated rings. The molecule has 0 saturated heterocycles. The standard InChI is InChI=1S/C66H69N3O/c1-41(2)47-37-56(42(3)4)62(70)57(38-47)63-68-61-55(20-17-21-59(61)69(63)60-40-53(66(11,12)13)30-31-54(60)45-24-28-52(29-25-45)65(8,9)10)49-34-48(43-18-15-14-16-19-43)35-50(36-49)58-39-46(32-33-67-58)44-22-26-51(27-23-44)64(5,6)7/h14-42,70H,1-13H3/i5D3,6D3,7D3. The molecule has 4 nitrogen and oxygen atoms in total. The fourth-order valence-electron chi connectivity index (χ4n) is 9.37. The third-order valence-corrected chi connectivity index (χ3v) is 13.6. The molecular formula is C66H69N3O. The summed E-state index contributed by atoms with van der Waals surface area (Å²) in [5.74, 6) is 0.999. The SMILES string of the molecule is [2H]C([2H])([2H])C(c1ccc(-c2ccnc(-c3cc(-c4ccccc4)cc(-c4cccc5c4nc(-c4cc(C(C)C)cc(C(C)C)c4O)n5-c4cc(C(C)(C)C)ccc4-c4ccc(C(C)(C)C)cc4)c3)c2)cc1)(C([2H])([2H])[2H])C([2H])([2H])[2H]. The van der Waals surface area contributed by atoms with E-state index in [1.54, 1.807) is 24.4 Å². The van der Waals surface area contributed by atoms with Crippen LogP contribution in [0.2, 0.25) is 0 Å². The predicted octanol–water partition coefficient (Wildman–Crippen LogP) is 18.3. The van der Waals surface area contributed by atoms with E-state index in [0.29, 0.717) is 28.2 Å². The van der Waals surface area contributed by atoms with Crippen molar-refractivity contribution in [3.8, 4) is 78.6 Å². The Morgan fingerprint density at radius 1 is 0.486 bits per heavy atom. The number of para-hydroxylation sites is 1. The molecule has 0 bridgehead atoms. The van der Waals surface area contributed by atoms with Gasteiger partial charge in [-0.15, -0.1) is 0 Å². The Morgan fingerprint density at radius 2 is 1.10 bits per heavy atom. The number of nitrogens with zero attached hydrogens (tertiary/aromatic N) is 3. The first kappa shape index (κ1) is 37.8. The highest BCUT2D eigenvalue weighted by Gasteiger charge is 2.27. The second kappa shape index (κ2) is 18.4. The van der Waals surface area contributed by atoms with Crippen molar-refractivity contribution in [2.45, 2.75) is 118 Å². The zero-order valence-corrected chi connectivity index (χ0v) is 42.0. The molecule has 4 heteroatoms. The van der Waals surface area contributed by atoms with Crippen LogP contribution in [0.1, 0.15) is 142 Å². The van der Waals surface area contributed by atoms with E-state index in [4.69, 9.17) is 22.3 Å². The van der Waals surface area contributed by atoms with Crippen molar-refractivity contribution < 1.29 is 17.4 Å². The molecule has 0 aliphatic carbocycles. The van der Waals surface area contributed by atoms with Gasteiger partial charge in [0.1, 0.15) is 11.6 Å². The number of benzene rings is 7. The minimum absolute atomic E-state index is 0.0290. The molecule has 2 heterocycles. The molecule has 1 N–H and O–H groups in total. The summed E-state index contributed by atoms with van der Waals surface area (Å²) in [7, 11) is 0. The highest BCUT2D eigenvalue weighted by molar-refractivity contribution is 5.98. The summed E-state index contributed by atoms with van der Waals surface area (Å²) in [6, 6.07) is 51.9. The lowest BCUT2D eigenvalue weighted by molar-refractivity contribution is 0.466. The van der Waals surface area contributed by atoms with E-state index in [0.717, 1.165) is 72.4 Å². The van der Waals surface area contributed by atoms with Crippen molar-refractivity contribution in [3.05, 3.63) is 192 Å². The van der Waals surface area contributed by atoms with Crippen molar-refractivity contribution in [1.29, 1.82) is 0 Å². The molecule has 2 aromatic heterocycles. The van der Waals surface area contributed by atoms with Gasteiger partial charge in [0.2, 0.25) is 0 Å². The van der Waals surface area contributed by atoms with Crippen molar-refractivity contribution in [3.63, 3.8) is 0 Å². The van der Waals surface area contributed by atoms with Crippen LogP contribution in [0.15, 0.2) is 164 Å². The Morgan fingerprint density at radius 3 is 1.74 bits per heavy atom. The third-order valence-electron chi connectivity index (χ3n) is 13.6. The maximum atomic E-state index is 12.5. The number of hydrogen-bond acceptors (Lipinski definition) is 3. The Labute approximate surface area is 429 Å². The molecule has 0 saturated carbocycles. The van der Waals surface area contributed by atoms with Gasteiger partial charge in [-0.2, -0.15) is 0 Å². The second-order valence-electron chi connectivity index (χ2n) is 21.5. The van der Waals surface area contributed by atoms with Gasteiger partial charge in [-0.25, -0.2) is 4.98 Å². The van der Waals surface area contributed by atoms with Gasteiger partial charge in [0, 0.05) is 35.2 Å². The molecule has 70 heavy (non-hydrogen) atoms. The molecule has 0 spiro atoms. The average Bonchev–Trinajstić information content (AvgIpc) is 3.99. The van der Waals surface area contributed by atoms with Gasteiger partial charge >= 0.3 is 0 Å². The second-order valence-corrected chi connectivity index (χ2v) is 21.5. The van der Waals surface area contributed by atoms with Gasteiger partial charge in [0.05, 0.1) is 28.0 Å². The van der Waals surface area contributed by atoms with E-state index in [9.17, 15) is 5.11 Å². The van der Waals surface area contributed by atoms with E-state index in [1.165, 1.54) is 17.7 Å². The van der Waals surface area contributed by atoms with E-state index in [2.05, 4.69) is 177 Å². The molecule has 354 valence electrons. The topological polar surface area (TPSA) is 50.9 Å². The molecule has 9 rings (SSSR count). The molecule has 0 radical (unpaired) electrons. The third kappa shape index (κ3) is 9.49. The summed E-state index contributed by atoms with van der Waals surface area (Å²) in [6.45, 7) is 11.7. The van der Waals surface area contributed by atoms with Gasteiger partial charge in [0.15, 0.2) is 0 Å². The highest BCUT2D eigenvalue weighted by Crippen LogP contribution is 2.45. The number of hydrogen-bond donors (Lipinski definition) is 1.